The van der Waals surface area contributed by atoms with Crippen LogP contribution in [0.5, 0.6) is 11.5 Å². The Morgan fingerprint density at radius 1 is 1.11 bits per heavy atom. The van der Waals surface area contributed by atoms with E-state index in [1.54, 1.807) is 31.2 Å². The van der Waals surface area contributed by atoms with Crippen molar-refractivity contribution in [3.63, 3.8) is 0 Å². The maximum Gasteiger partial charge on any atom is 0.308 e. The minimum absolute atomic E-state index is 0.0542. The number of hydrogen-bond donors (Lipinski definition) is 0. The van der Waals surface area contributed by atoms with Gasteiger partial charge >= 0.3 is 5.97 Å². The lowest BCUT2D eigenvalue weighted by molar-refractivity contribution is -0.131. The highest BCUT2D eigenvalue weighted by Crippen LogP contribution is 2.41. The number of ketones is 2. The fourth-order valence-electron chi connectivity index (χ4n) is 3.67. The van der Waals surface area contributed by atoms with Gasteiger partial charge in [0.2, 0.25) is 5.78 Å². The Kier molecular flexibility index (Phi) is 3.79. The van der Waals surface area contributed by atoms with Gasteiger partial charge in [-0.1, -0.05) is 12.1 Å². The predicted octanol–water partition coefficient (Wildman–Crippen LogP) is 2.99. The Bertz CT molecular complexity index is 1260. The molecule has 0 unspecified atom stereocenters. The molecule has 28 heavy (non-hydrogen) atoms. The summed E-state index contributed by atoms with van der Waals surface area (Å²) in [5.74, 6) is -1.10. The van der Waals surface area contributed by atoms with E-state index in [1.165, 1.54) is 20.1 Å². The molecule has 2 aromatic carbocycles. The molecular formula is C21H14N2O5. The van der Waals surface area contributed by atoms with Gasteiger partial charge < -0.3 is 9.47 Å². The molecule has 1 aliphatic carbocycles. The molecule has 7 nitrogen and oxygen atoms in total. The summed E-state index contributed by atoms with van der Waals surface area (Å²) < 4.78 is 11.7. The Morgan fingerprint density at radius 2 is 1.86 bits per heavy atom. The third kappa shape index (κ3) is 2.25. The summed E-state index contributed by atoms with van der Waals surface area (Å²) in [6, 6.07) is 8.02. The highest BCUT2D eigenvalue weighted by Gasteiger charge is 2.39. The van der Waals surface area contributed by atoms with Crippen LogP contribution < -0.4 is 9.47 Å². The van der Waals surface area contributed by atoms with Gasteiger partial charge in [0, 0.05) is 12.5 Å². The van der Waals surface area contributed by atoms with Crippen molar-refractivity contribution in [3.8, 4) is 17.7 Å². The molecule has 0 saturated heterocycles. The normalized spacial score (nSPS) is 12.4. The number of carbonyl (C=O) groups is 3. The molecule has 1 aliphatic rings. The summed E-state index contributed by atoms with van der Waals surface area (Å²) in [5.41, 5.74) is 1.34. The lowest BCUT2D eigenvalue weighted by Crippen LogP contribution is -2.23. The number of ether oxygens (including phenoxy) is 2. The summed E-state index contributed by atoms with van der Waals surface area (Å²) >= 11 is 0. The Hall–Kier alpha value is -3.92. The molecule has 0 amide bonds. The first kappa shape index (κ1) is 17.5. The molecule has 3 aromatic rings. The van der Waals surface area contributed by atoms with Crippen molar-refractivity contribution >= 4 is 28.4 Å². The first-order chi connectivity index (χ1) is 13.4. The number of fused-ring (bicyclic) bond motifs is 4. The zero-order valence-electron chi connectivity index (χ0n) is 15.3. The van der Waals surface area contributed by atoms with Crippen LogP contribution in [0.25, 0.3) is 10.9 Å². The zero-order valence-corrected chi connectivity index (χ0v) is 15.3. The van der Waals surface area contributed by atoms with Crippen molar-refractivity contribution < 1.29 is 23.9 Å². The van der Waals surface area contributed by atoms with Crippen LogP contribution in [0.4, 0.5) is 0 Å². The fraction of sp³-hybridized carbons (Fsp3) is 0.143. The molecule has 4 rings (SSSR count). The second-order valence-electron chi connectivity index (χ2n) is 6.45. The van der Waals surface area contributed by atoms with Gasteiger partial charge in [0.15, 0.2) is 12.0 Å². The van der Waals surface area contributed by atoms with Gasteiger partial charge in [0.05, 0.1) is 29.1 Å². The number of nitriles is 1. The average Bonchev–Trinajstić information content (AvgIpc) is 2.99. The van der Waals surface area contributed by atoms with Crippen LogP contribution in [0.2, 0.25) is 0 Å². The van der Waals surface area contributed by atoms with E-state index in [1.807, 2.05) is 6.19 Å². The molecule has 1 heterocycles. The molecule has 0 spiro atoms. The minimum atomic E-state index is -0.568. The summed E-state index contributed by atoms with van der Waals surface area (Å²) in [6.07, 6.45) is 1.97. The van der Waals surface area contributed by atoms with E-state index >= 15 is 0 Å². The van der Waals surface area contributed by atoms with Crippen LogP contribution >= 0.6 is 0 Å². The highest BCUT2D eigenvalue weighted by molar-refractivity contribution is 6.33. The molecule has 0 bridgehead atoms. The number of aryl methyl sites for hydroxylation is 1. The van der Waals surface area contributed by atoms with Crippen LogP contribution in [0.3, 0.4) is 0 Å². The minimum Gasteiger partial charge on any atom is -0.496 e. The van der Waals surface area contributed by atoms with Gasteiger partial charge in [-0.3, -0.25) is 14.4 Å². The second kappa shape index (κ2) is 6.06. The van der Waals surface area contributed by atoms with Crippen molar-refractivity contribution in [2.45, 2.75) is 13.8 Å². The second-order valence-corrected chi connectivity index (χ2v) is 6.45. The van der Waals surface area contributed by atoms with Crippen molar-refractivity contribution in [1.82, 2.24) is 4.57 Å². The maximum absolute atomic E-state index is 13.3. The number of carbonyl (C=O) groups excluding carboxylic acids is 3. The molecule has 0 atom stereocenters. The molecule has 138 valence electrons. The zero-order chi connectivity index (χ0) is 20.2. The molecule has 0 radical (unpaired) electrons. The van der Waals surface area contributed by atoms with E-state index in [9.17, 15) is 19.6 Å². The summed E-state index contributed by atoms with van der Waals surface area (Å²) in [5, 5.41) is 10.0. The molecule has 0 saturated carbocycles. The van der Waals surface area contributed by atoms with Crippen LogP contribution in [0.1, 0.15) is 44.5 Å². The van der Waals surface area contributed by atoms with Gasteiger partial charge in [-0.25, -0.2) is 4.57 Å². The molecule has 1 aromatic heterocycles. The van der Waals surface area contributed by atoms with Crippen molar-refractivity contribution in [3.05, 3.63) is 58.3 Å². The number of rotatable bonds is 2. The quantitative estimate of drug-likeness (QED) is 0.395. The van der Waals surface area contributed by atoms with E-state index in [0.29, 0.717) is 11.1 Å². The Balaban J connectivity index is 2.17. The molecular weight excluding hydrogens is 360 g/mol. The van der Waals surface area contributed by atoms with E-state index in [4.69, 9.17) is 9.47 Å². The van der Waals surface area contributed by atoms with E-state index < -0.39 is 17.5 Å². The first-order valence-corrected chi connectivity index (χ1v) is 8.43. The average molecular weight is 374 g/mol. The molecule has 0 N–H and O–H groups in total. The van der Waals surface area contributed by atoms with Gasteiger partial charge in [0.1, 0.15) is 17.2 Å². The third-order valence-electron chi connectivity index (χ3n) is 4.69. The van der Waals surface area contributed by atoms with Crippen LogP contribution in [-0.2, 0) is 4.79 Å². The van der Waals surface area contributed by atoms with Gasteiger partial charge in [-0.2, -0.15) is 5.26 Å². The molecule has 0 fully saturated rings. The smallest absolute Gasteiger partial charge is 0.308 e. The largest absolute Gasteiger partial charge is 0.496 e. The Labute approximate surface area is 159 Å². The third-order valence-corrected chi connectivity index (χ3v) is 4.69. The van der Waals surface area contributed by atoms with E-state index in [2.05, 4.69) is 0 Å². The summed E-state index contributed by atoms with van der Waals surface area (Å²) in [7, 11) is 1.41. The van der Waals surface area contributed by atoms with Gasteiger partial charge in [0.25, 0.3) is 0 Å². The number of nitrogens with zero attached hydrogens (tertiary/aromatic N) is 2. The first-order valence-electron chi connectivity index (χ1n) is 8.43. The number of hydrogen-bond acceptors (Lipinski definition) is 6. The fourth-order valence-corrected chi connectivity index (χ4v) is 3.67. The number of methoxy groups -OCH3 is 1. The molecule has 0 aliphatic heterocycles. The van der Waals surface area contributed by atoms with Crippen molar-refractivity contribution in [1.29, 1.82) is 5.26 Å². The summed E-state index contributed by atoms with van der Waals surface area (Å²) in [6.45, 7) is 3.01. The van der Waals surface area contributed by atoms with Crippen molar-refractivity contribution in [2.24, 2.45) is 0 Å². The van der Waals surface area contributed by atoms with Gasteiger partial charge in [-0.15, -0.1) is 0 Å². The van der Waals surface area contributed by atoms with Crippen LogP contribution in [0, 0.1) is 18.4 Å². The monoisotopic (exact) mass is 374 g/mol. The van der Waals surface area contributed by atoms with Crippen LogP contribution in [-0.4, -0.2) is 29.2 Å². The van der Waals surface area contributed by atoms with E-state index in [-0.39, 0.29) is 39.3 Å². The maximum atomic E-state index is 13.3. The lowest BCUT2D eigenvalue weighted by atomic mass is 9.86. The highest BCUT2D eigenvalue weighted by atomic mass is 16.5. The Morgan fingerprint density at radius 3 is 2.50 bits per heavy atom. The predicted molar refractivity (Wildman–Crippen MR) is 98.9 cm³/mol. The molecule has 7 heteroatoms. The summed E-state index contributed by atoms with van der Waals surface area (Å²) in [4.78, 5) is 38.2. The van der Waals surface area contributed by atoms with Gasteiger partial charge in [-0.05, 0) is 30.7 Å². The standard InChI is InChI=1S/C21H14N2O5/c1-10-7-13-17(15(8-10)28-11(2)24)18-19(23(13)9-22)21(26)16-12(20(18)25)5-4-6-14(16)27-3/h4-8H,1-3H3. The number of benzene rings is 2. The topological polar surface area (TPSA) is 98.4 Å². The SMILES string of the molecule is COc1cccc2c1C(=O)c1c(c3c(OC(C)=O)cc(C)cc3n1C#N)C2=O. The lowest BCUT2D eigenvalue weighted by Gasteiger charge is -2.18. The van der Waals surface area contributed by atoms with Crippen molar-refractivity contribution in [2.75, 3.05) is 7.11 Å². The number of aromatic nitrogens is 1. The van der Waals surface area contributed by atoms with Crippen LogP contribution in [0.15, 0.2) is 30.3 Å². The number of esters is 1. The van der Waals surface area contributed by atoms with E-state index in [0.717, 1.165) is 4.57 Å².